The second-order valence-corrected chi connectivity index (χ2v) is 11.0. The summed E-state index contributed by atoms with van der Waals surface area (Å²) in [4.78, 5) is 14.2. The van der Waals surface area contributed by atoms with Crippen molar-refractivity contribution in [2.45, 2.75) is 58.2 Å². The molecule has 0 bridgehead atoms. The first-order chi connectivity index (χ1) is 17.5. The van der Waals surface area contributed by atoms with Gasteiger partial charge in [-0.3, -0.25) is 4.68 Å². The fourth-order valence-corrected chi connectivity index (χ4v) is 5.32. The summed E-state index contributed by atoms with van der Waals surface area (Å²) in [5.41, 5.74) is 7.16. The van der Waals surface area contributed by atoms with E-state index < -0.39 is 17.2 Å². The predicted molar refractivity (Wildman–Crippen MR) is 131 cm³/mol. The minimum absolute atomic E-state index is 0.00710. The summed E-state index contributed by atoms with van der Waals surface area (Å²) >= 11 is 0. The number of nitrogens with zero attached hydrogens (tertiary/aromatic N) is 6. The van der Waals surface area contributed by atoms with Crippen molar-refractivity contribution < 1.29 is 18.3 Å². The fourth-order valence-electron chi connectivity index (χ4n) is 5.32. The first-order valence-corrected chi connectivity index (χ1v) is 12.2. The molecule has 1 spiro atoms. The molecule has 1 saturated carbocycles. The normalized spacial score (nSPS) is 21.2. The van der Waals surface area contributed by atoms with Gasteiger partial charge < -0.3 is 15.4 Å². The molecule has 3 aromatic rings. The molecule has 5 rings (SSSR count). The van der Waals surface area contributed by atoms with E-state index in [4.69, 9.17) is 10.5 Å². The third kappa shape index (κ3) is 4.63. The average molecular weight is 510 g/mol. The highest BCUT2D eigenvalue weighted by Crippen LogP contribution is 2.54. The van der Waals surface area contributed by atoms with E-state index >= 15 is 0 Å². The number of anilines is 1. The van der Waals surface area contributed by atoms with Gasteiger partial charge in [-0.15, -0.1) is 0 Å². The fraction of sp³-hybridized carbons (Fsp3) is 0.462. The largest absolute Gasteiger partial charge is 0.444 e. The Bertz CT molecular complexity index is 1390. The average Bonchev–Trinajstić information content (AvgIpc) is 3.52. The third-order valence-electron chi connectivity index (χ3n) is 7.10. The number of carbonyl (C=O) groups is 1. The molecular formula is C26H29F2N7O2. The number of likely N-dealkylation sites (tertiary alicyclic amines) is 1. The van der Waals surface area contributed by atoms with Gasteiger partial charge in [0.2, 0.25) is 0 Å². The molecule has 1 saturated heterocycles. The summed E-state index contributed by atoms with van der Waals surface area (Å²) in [5.74, 6) is -1.55. The molecule has 2 N–H and O–H groups in total. The lowest BCUT2D eigenvalue weighted by Crippen LogP contribution is -2.43. The van der Waals surface area contributed by atoms with E-state index in [-0.39, 0.29) is 41.0 Å². The second-order valence-electron chi connectivity index (χ2n) is 11.0. The summed E-state index contributed by atoms with van der Waals surface area (Å²) in [7, 11) is 0. The SMILES string of the molecule is CC(C)(C)OC(=O)N1CC[C@]2(C1)C[C@H](n1nc(-c3cnn(Cc4cccc(F)c4F)c3)c(C#N)c1N)C2. The molecule has 37 heavy (non-hydrogen) atoms. The Morgan fingerprint density at radius 3 is 2.78 bits per heavy atom. The van der Waals surface area contributed by atoms with E-state index in [0.717, 1.165) is 25.3 Å². The van der Waals surface area contributed by atoms with Crippen molar-refractivity contribution in [3.8, 4) is 17.3 Å². The number of carbonyl (C=O) groups excluding carboxylic acids is 1. The van der Waals surface area contributed by atoms with E-state index in [1.54, 1.807) is 15.8 Å². The van der Waals surface area contributed by atoms with Crippen molar-refractivity contribution in [3.63, 3.8) is 0 Å². The van der Waals surface area contributed by atoms with E-state index in [1.807, 2.05) is 20.8 Å². The molecule has 0 atom stereocenters. The number of halogens is 2. The standard InChI is InChI=1S/C26H29F2N7O2/c1-25(2,3)37-24(36)33-8-7-26(15-33)9-18(10-26)35-23(30)19(11-29)22(32-35)17-12-31-34(14-17)13-16-5-4-6-20(27)21(16)28/h4-6,12,14,18H,7-10,13,15,30H2,1-3H3/t18-,26-. The maximum atomic E-state index is 14.1. The number of hydrogen-bond acceptors (Lipinski definition) is 6. The van der Waals surface area contributed by atoms with Gasteiger partial charge in [0.15, 0.2) is 11.6 Å². The number of amides is 1. The molecule has 2 aliphatic rings. The number of nitrogens with two attached hydrogens (primary N) is 1. The number of benzene rings is 1. The summed E-state index contributed by atoms with van der Waals surface area (Å²) in [6.45, 7) is 6.86. The highest BCUT2D eigenvalue weighted by atomic mass is 19.2. The van der Waals surface area contributed by atoms with Gasteiger partial charge in [-0.25, -0.2) is 18.3 Å². The summed E-state index contributed by atoms with van der Waals surface area (Å²) in [6.07, 6.45) is 5.33. The van der Waals surface area contributed by atoms with Gasteiger partial charge in [0.1, 0.15) is 28.7 Å². The van der Waals surface area contributed by atoms with Crippen LogP contribution in [0, 0.1) is 28.4 Å². The summed E-state index contributed by atoms with van der Waals surface area (Å²) in [5, 5.41) is 18.7. The van der Waals surface area contributed by atoms with Gasteiger partial charge in [0.25, 0.3) is 0 Å². The van der Waals surface area contributed by atoms with Gasteiger partial charge in [0.05, 0.1) is 18.8 Å². The van der Waals surface area contributed by atoms with Crippen LogP contribution in [0.25, 0.3) is 11.3 Å². The Kier molecular flexibility index (Phi) is 5.93. The van der Waals surface area contributed by atoms with Gasteiger partial charge in [-0.1, -0.05) is 12.1 Å². The monoisotopic (exact) mass is 509 g/mol. The highest BCUT2D eigenvalue weighted by Gasteiger charge is 2.51. The van der Waals surface area contributed by atoms with E-state index in [1.165, 1.54) is 23.0 Å². The molecule has 1 aliphatic heterocycles. The van der Waals surface area contributed by atoms with Crippen molar-refractivity contribution in [2.75, 3.05) is 18.8 Å². The van der Waals surface area contributed by atoms with Crippen LogP contribution >= 0.6 is 0 Å². The Morgan fingerprint density at radius 2 is 2.08 bits per heavy atom. The van der Waals surface area contributed by atoms with Crippen LogP contribution in [-0.2, 0) is 11.3 Å². The Balaban J connectivity index is 1.30. The second kappa shape index (κ2) is 8.87. The van der Waals surface area contributed by atoms with Gasteiger partial charge in [-0.05, 0) is 51.5 Å². The highest BCUT2D eigenvalue weighted by molar-refractivity contribution is 5.72. The van der Waals surface area contributed by atoms with Crippen LogP contribution < -0.4 is 5.73 Å². The lowest BCUT2D eigenvalue weighted by molar-refractivity contribution is 0.0188. The quantitative estimate of drug-likeness (QED) is 0.554. The Morgan fingerprint density at radius 1 is 1.32 bits per heavy atom. The summed E-state index contributed by atoms with van der Waals surface area (Å²) < 4.78 is 36.3. The first kappa shape index (κ1) is 24.7. The molecule has 3 heterocycles. The minimum Gasteiger partial charge on any atom is -0.444 e. The van der Waals surface area contributed by atoms with Crippen LogP contribution in [0.1, 0.15) is 57.2 Å². The molecule has 1 amide bonds. The van der Waals surface area contributed by atoms with Crippen molar-refractivity contribution >= 4 is 11.9 Å². The maximum Gasteiger partial charge on any atom is 0.410 e. The summed E-state index contributed by atoms with van der Waals surface area (Å²) in [6, 6.07) is 6.15. The number of ether oxygens (including phenoxy) is 1. The van der Waals surface area contributed by atoms with Gasteiger partial charge >= 0.3 is 6.09 Å². The molecule has 2 aromatic heterocycles. The molecule has 1 aromatic carbocycles. The topological polar surface area (TPSA) is 115 Å². The molecule has 1 aliphatic carbocycles. The van der Waals surface area contributed by atoms with Crippen LogP contribution in [0.5, 0.6) is 0 Å². The molecule has 11 heteroatoms. The number of aromatic nitrogens is 4. The molecule has 0 unspecified atom stereocenters. The van der Waals surface area contributed by atoms with Gasteiger partial charge in [-0.2, -0.15) is 15.5 Å². The lowest BCUT2D eigenvalue weighted by Gasteiger charge is -2.45. The van der Waals surface area contributed by atoms with Crippen molar-refractivity contribution in [1.82, 2.24) is 24.5 Å². The van der Waals surface area contributed by atoms with Crippen molar-refractivity contribution in [1.29, 1.82) is 5.26 Å². The Labute approximate surface area is 213 Å². The molecular weight excluding hydrogens is 480 g/mol. The van der Waals surface area contributed by atoms with E-state index in [2.05, 4.69) is 16.3 Å². The smallest absolute Gasteiger partial charge is 0.410 e. The Hall–Kier alpha value is -3.94. The predicted octanol–water partition coefficient (Wildman–Crippen LogP) is 4.49. The van der Waals surface area contributed by atoms with Crippen LogP contribution in [0.3, 0.4) is 0 Å². The maximum absolute atomic E-state index is 14.1. The third-order valence-corrected chi connectivity index (χ3v) is 7.10. The zero-order valence-corrected chi connectivity index (χ0v) is 21.0. The van der Waals surface area contributed by atoms with E-state index in [0.29, 0.717) is 24.3 Å². The first-order valence-electron chi connectivity index (χ1n) is 12.2. The van der Waals surface area contributed by atoms with Gasteiger partial charge in [0, 0.05) is 30.4 Å². The zero-order chi connectivity index (χ0) is 26.5. The number of nitriles is 1. The number of hydrogen-bond donors (Lipinski definition) is 1. The molecule has 194 valence electrons. The van der Waals surface area contributed by atoms with Crippen LogP contribution in [0.4, 0.5) is 19.4 Å². The molecule has 9 nitrogen and oxygen atoms in total. The zero-order valence-electron chi connectivity index (χ0n) is 21.0. The van der Waals surface area contributed by atoms with E-state index in [9.17, 15) is 18.8 Å². The van der Waals surface area contributed by atoms with Crippen LogP contribution in [0.2, 0.25) is 0 Å². The molecule has 0 radical (unpaired) electrons. The number of nitrogen functional groups attached to an aromatic ring is 1. The van der Waals surface area contributed by atoms with Crippen LogP contribution in [-0.4, -0.2) is 49.2 Å². The molecule has 2 fully saturated rings. The number of rotatable bonds is 4. The van der Waals surface area contributed by atoms with Crippen LogP contribution in [0.15, 0.2) is 30.6 Å². The lowest BCUT2D eigenvalue weighted by atomic mass is 9.65. The minimum atomic E-state index is -0.919. The van der Waals surface area contributed by atoms with Crippen molar-refractivity contribution in [2.24, 2.45) is 5.41 Å². The van der Waals surface area contributed by atoms with Crippen molar-refractivity contribution in [3.05, 3.63) is 53.4 Å².